The van der Waals surface area contributed by atoms with Crippen LogP contribution < -0.4 is 5.32 Å². The maximum Gasteiger partial charge on any atom is 0.126 e. The normalized spacial score (nSPS) is 13.1. The van der Waals surface area contributed by atoms with Gasteiger partial charge in [-0.1, -0.05) is 32.9 Å². The SMILES string of the molecule is CCC(C#N)CNCC(C)(C)c1ccc(F)c(C)c1. The van der Waals surface area contributed by atoms with Crippen molar-refractivity contribution in [2.75, 3.05) is 13.1 Å². The molecule has 2 nitrogen and oxygen atoms in total. The van der Waals surface area contributed by atoms with Crippen LogP contribution in [0.2, 0.25) is 0 Å². The van der Waals surface area contributed by atoms with Crippen LogP contribution in [0.15, 0.2) is 18.2 Å². The molecule has 0 aliphatic carbocycles. The number of nitriles is 1. The fourth-order valence-electron chi connectivity index (χ4n) is 2.01. The molecule has 1 unspecified atom stereocenters. The summed E-state index contributed by atoms with van der Waals surface area (Å²) in [7, 11) is 0. The molecule has 1 N–H and O–H groups in total. The van der Waals surface area contributed by atoms with Gasteiger partial charge >= 0.3 is 0 Å². The van der Waals surface area contributed by atoms with Gasteiger partial charge in [-0.15, -0.1) is 0 Å². The lowest BCUT2D eigenvalue weighted by Gasteiger charge is -2.26. The summed E-state index contributed by atoms with van der Waals surface area (Å²) in [5.41, 5.74) is 1.71. The van der Waals surface area contributed by atoms with E-state index < -0.39 is 0 Å². The van der Waals surface area contributed by atoms with Crippen LogP contribution in [0.25, 0.3) is 0 Å². The minimum absolute atomic E-state index is 0.0609. The second-order valence-electron chi connectivity index (χ2n) is 5.71. The molecule has 1 aromatic carbocycles. The predicted octanol–water partition coefficient (Wildman–Crippen LogP) is 3.55. The summed E-state index contributed by atoms with van der Waals surface area (Å²) < 4.78 is 13.3. The highest BCUT2D eigenvalue weighted by atomic mass is 19.1. The van der Waals surface area contributed by atoms with Crippen LogP contribution in [0.5, 0.6) is 0 Å². The first-order valence-electron chi connectivity index (χ1n) is 6.77. The van der Waals surface area contributed by atoms with Crippen LogP contribution in [0.4, 0.5) is 4.39 Å². The summed E-state index contributed by atoms with van der Waals surface area (Å²) in [5.74, 6) is -0.103. The van der Waals surface area contributed by atoms with Gasteiger partial charge < -0.3 is 5.32 Å². The third-order valence-electron chi connectivity index (χ3n) is 3.57. The van der Waals surface area contributed by atoms with Gasteiger partial charge in [0.15, 0.2) is 0 Å². The molecule has 0 aliphatic rings. The van der Waals surface area contributed by atoms with Crippen molar-refractivity contribution in [2.45, 2.75) is 39.5 Å². The van der Waals surface area contributed by atoms with Crippen LogP contribution in [-0.4, -0.2) is 13.1 Å². The van der Waals surface area contributed by atoms with E-state index in [1.807, 2.05) is 19.1 Å². The molecule has 0 amide bonds. The number of rotatable bonds is 6. The molecule has 19 heavy (non-hydrogen) atoms. The summed E-state index contributed by atoms with van der Waals surface area (Å²) in [6.45, 7) is 9.53. The Morgan fingerprint density at radius 3 is 2.63 bits per heavy atom. The van der Waals surface area contributed by atoms with E-state index in [0.717, 1.165) is 18.5 Å². The largest absolute Gasteiger partial charge is 0.315 e. The van der Waals surface area contributed by atoms with E-state index in [9.17, 15) is 4.39 Å². The summed E-state index contributed by atoms with van der Waals surface area (Å²) in [4.78, 5) is 0. The molecule has 1 atom stereocenters. The topological polar surface area (TPSA) is 35.8 Å². The molecule has 0 aromatic heterocycles. The summed E-state index contributed by atoms with van der Waals surface area (Å²) in [6.07, 6.45) is 0.861. The predicted molar refractivity (Wildman–Crippen MR) is 76.4 cm³/mol. The van der Waals surface area contributed by atoms with Crippen molar-refractivity contribution in [1.82, 2.24) is 5.32 Å². The van der Waals surface area contributed by atoms with Gasteiger partial charge in [0.1, 0.15) is 5.82 Å². The quantitative estimate of drug-likeness (QED) is 0.851. The summed E-state index contributed by atoms with van der Waals surface area (Å²) in [6, 6.07) is 7.55. The van der Waals surface area contributed by atoms with Gasteiger partial charge in [0.05, 0.1) is 12.0 Å². The van der Waals surface area contributed by atoms with Crippen molar-refractivity contribution < 1.29 is 4.39 Å². The number of aryl methyl sites for hydroxylation is 1. The van der Waals surface area contributed by atoms with Gasteiger partial charge in [-0.3, -0.25) is 0 Å². The number of nitrogens with zero attached hydrogens (tertiary/aromatic N) is 1. The molecule has 1 rings (SSSR count). The number of hydrogen-bond donors (Lipinski definition) is 1. The molecule has 1 aromatic rings. The van der Waals surface area contributed by atoms with E-state index in [-0.39, 0.29) is 17.2 Å². The highest BCUT2D eigenvalue weighted by molar-refractivity contribution is 5.29. The van der Waals surface area contributed by atoms with Crippen molar-refractivity contribution in [3.63, 3.8) is 0 Å². The van der Waals surface area contributed by atoms with E-state index >= 15 is 0 Å². The van der Waals surface area contributed by atoms with Crippen LogP contribution in [0.1, 0.15) is 38.3 Å². The smallest absolute Gasteiger partial charge is 0.126 e. The Hall–Kier alpha value is -1.40. The molecule has 0 saturated heterocycles. The Kier molecular flexibility index (Phi) is 5.50. The zero-order valence-corrected chi connectivity index (χ0v) is 12.3. The molecule has 3 heteroatoms. The van der Waals surface area contributed by atoms with Crippen molar-refractivity contribution in [3.8, 4) is 6.07 Å². The monoisotopic (exact) mass is 262 g/mol. The van der Waals surface area contributed by atoms with E-state index in [2.05, 4.69) is 25.2 Å². The summed E-state index contributed by atoms with van der Waals surface area (Å²) >= 11 is 0. The van der Waals surface area contributed by atoms with Crippen LogP contribution >= 0.6 is 0 Å². The van der Waals surface area contributed by atoms with Crippen LogP contribution in [0, 0.1) is 30.0 Å². The maximum atomic E-state index is 13.3. The molecule has 0 spiro atoms. The number of nitrogens with one attached hydrogen (secondary N) is 1. The highest BCUT2D eigenvalue weighted by Crippen LogP contribution is 2.24. The second kappa shape index (κ2) is 6.68. The first-order chi connectivity index (χ1) is 8.90. The average Bonchev–Trinajstić information content (AvgIpc) is 2.37. The van der Waals surface area contributed by atoms with Gasteiger partial charge in [-0.05, 0) is 30.5 Å². The third-order valence-corrected chi connectivity index (χ3v) is 3.57. The molecular formula is C16H23FN2. The molecule has 104 valence electrons. The van der Waals surface area contributed by atoms with Gasteiger partial charge in [0, 0.05) is 18.5 Å². The standard InChI is InChI=1S/C16H23FN2/c1-5-13(9-18)10-19-11-16(3,4)14-6-7-15(17)12(2)8-14/h6-8,13,19H,5,10-11H2,1-4H3. The lowest BCUT2D eigenvalue weighted by Crippen LogP contribution is -2.35. The first-order valence-corrected chi connectivity index (χ1v) is 6.77. The second-order valence-corrected chi connectivity index (χ2v) is 5.71. The van der Waals surface area contributed by atoms with Crippen molar-refractivity contribution in [3.05, 3.63) is 35.1 Å². The number of hydrogen-bond acceptors (Lipinski definition) is 2. The fourth-order valence-corrected chi connectivity index (χ4v) is 2.01. The lowest BCUT2D eigenvalue weighted by molar-refractivity contribution is 0.444. The molecule has 0 radical (unpaired) electrons. The first kappa shape index (κ1) is 15.7. The van der Waals surface area contributed by atoms with Gasteiger partial charge in [0.2, 0.25) is 0 Å². The van der Waals surface area contributed by atoms with E-state index in [1.165, 1.54) is 6.07 Å². The van der Waals surface area contributed by atoms with Crippen molar-refractivity contribution in [2.24, 2.45) is 5.92 Å². The highest BCUT2D eigenvalue weighted by Gasteiger charge is 2.21. The molecule has 0 aliphatic heterocycles. The number of halogens is 1. The van der Waals surface area contributed by atoms with Crippen LogP contribution in [0.3, 0.4) is 0 Å². The zero-order chi connectivity index (χ0) is 14.5. The Morgan fingerprint density at radius 1 is 1.42 bits per heavy atom. The van der Waals surface area contributed by atoms with Crippen molar-refractivity contribution in [1.29, 1.82) is 5.26 Å². The van der Waals surface area contributed by atoms with Gasteiger partial charge in [-0.25, -0.2) is 4.39 Å². The molecule has 0 heterocycles. The Morgan fingerprint density at radius 2 is 2.11 bits per heavy atom. The molecule has 0 bridgehead atoms. The number of benzene rings is 1. The Balaban J connectivity index is 2.65. The lowest BCUT2D eigenvalue weighted by atomic mass is 9.83. The molecule has 0 fully saturated rings. The summed E-state index contributed by atoms with van der Waals surface area (Å²) in [5, 5.41) is 12.3. The van der Waals surface area contributed by atoms with Gasteiger partial charge in [-0.2, -0.15) is 5.26 Å². The molecule has 0 saturated carbocycles. The van der Waals surface area contributed by atoms with Gasteiger partial charge in [0.25, 0.3) is 0 Å². The average molecular weight is 262 g/mol. The van der Waals surface area contributed by atoms with E-state index in [1.54, 1.807) is 6.92 Å². The third kappa shape index (κ3) is 4.33. The minimum atomic E-state index is -0.164. The Labute approximate surface area is 115 Å². The van der Waals surface area contributed by atoms with Crippen molar-refractivity contribution >= 4 is 0 Å². The minimum Gasteiger partial charge on any atom is -0.315 e. The van der Waals surface area contributed by atoms with Crippen LogP contribution in [-0.2, 0) is 5.41 Å². The Bertz CT molecular complexity index is 460. The fraction of sp³-hybridized carbons (Fsp3) is 0.562. The zero-order valence-electron chi connectivity index (χ0n) is 12.3. The van der Waals surface area contributed by atoms with E-state index in [4.69, 9.17) is 5.26 Å². The molecular weight excluding hydrogens is 239 g/mol. The maximum absolute atomic E-state index is 13.3. The van der Waals surface area contributed by atoms with E-state index in [0.29, 0.717) is 12.1 Å².